The minimum atomic E-state index is -1.38. The fourth-order valence-corrected chi connectivity index (χ4v) is 8.40. The lowest BCUT2D eigenvalue weighted by Crippen LogP contribution is -2.63. The maximum absolute atomic E-state index is 13.9. The Morgan fingerprint density at radius 1 is 1.28 bits per heavy atom. The number of hydrogen-bond donors (Lipinski definition) is 1. The molecule has 0 amide bonds. The second-order valence-corrected chi connectivity index (χ2v) is 11.5. The summed E-state index contributed by atoms with van der Waals surface area (Å²) in [5.41, 5.74) is -1.47. The quantitative estimate of drug-likeness (QED) is 0.631. The van der Waals surface area contributed by atoms with Crippen LogP contribution in [-0.2, 0) is 28.6 Å². The van der Waals surface area contributed by atoms with Gasteiger partial charge in [0, 0.05) is 23.7 Å². The van der Waals surface area contributed by atoms with Gasteiger partial charge in [0.1, 0.15) is 0 Å². The summed E-state index contributed by atoms with van der Waals surface area (Å²) in [6, 6.07) is 3.48. The fourth-order valence-electron chi connectivity index (χ4n) is 8.40. The number of aliphatic hydroxyl groups excluding tert-OH is 1. The van der Waals surface area contributed by atoms with Crippen LogP contribution in [0.15, 0.2) is 46.6 Å². The Balaban J connectivity index is 1.40. The van der Waals surface area contributed by atoms with Crippen LogP contribution >= 0.6 is 0 Å². The number of ether oxygens (including phenoxy) is 3. The second-order valence-electron chi connectivity index (χ2n) is 11.5. The van der Waals surface area contributed by atoms with Gasteiger partial charge in [-0.2, -0.15) is 0 Å². The summed E-state index contributed by atoms with van der Waals surface area (Å²) < 4.78 is 23.5. The fraction of sp³-hybridized carbons (Fsp3) is 0.607. The van der Waals surface area contributed by atoms with Gasteiger partial charge in [-0.25, -0.2) is 0 Å². The first kappa shape index (κ1) is 23.8. The summed E-state index contributed by atoms with van der Waals surface area (Å²) in [6.07, 6.45) is 7.19. The van der Waals surface area contributed by atoms with Crippen LogP contribution in [-0.4, -0.2) is 47.1 Å². The van der Waals surface area contributed by atoms with E-state index in [-0.39, 0.29) is 29.3 Å². The van der Waals surface area contributed by atoms with Crippen molar-refractivity contribution in [3.8, 4) is 0 Å². The van der Waals surface area contributed by atoms with Crippen LogP contribution < -0.4 is 0 Å². The van der Waals surface area contributed by atoms with E-state index in [0.717, 1.165) is 18.4 Å². The second kappa shape index (κ2) is 7.97. The smallest absolute Gasteiger partial charge is 0.303 e. The van der Waals surface area contributed by atoms with Crippen molar-refractivity contribution >= 4 is 17.5 Å². The molecule has 1 aromatic heterocycles. The highest BCUT2D eigenvalue weighted by Gasteiger charge is 2.76. The normalized spacial score (nSPS) is 44.8. The Labute approximate surface area is 209 Å². The van der Waals surface area contributed by atoms with E-state index in [9.17, 15) is 19.5 Å². The standard InChI is InChI=1S/C28H32O8/c1-15(29)34-14-22(32)28-23(35-25(36-28)21-5-4-10-33-21)12-19-18-7-6-16-11-17(30)8-9-26(16,2)24(18)20(31)13-27(19,28)3/h4-5,8-11,18-20,23-25,31H,6-7,12-14H2,1-3H3/t18-,19-,20?,23+,24+,25-,26-,27-,28+/m0/s1. The molecular weight excluding hydrogens is 464 g/mol. The average molecular weight is 497 g/mol. The zero-order valence-corrected chi connectivity index (χ0v) is 20.8. The molecule has 2 heterocycles. The molecule has 3 saturated carbocycles. The van der Waals surface area contributed by atoms with Crippen LogP contribution in [0.25, 0.3) is 0 Å². The van der Waals surface area contributed by atoms with Crippen LogP contribution in [0.3, 0.4) is 0 Å². The Kier molecular flexibility index (Phi) is 5.28. The molecule has 0 radical (unpaired) electrons. The highest BCUT2D eigenvalue weighted by atomic mass is 16.8. The van der Waals surface area contributed by atoms with E-state index >= 15 is 0 Å². The molecule has 4 fully saturated rings. The molecule has 0 spiro atoms. The number of allylic oxidation sites excluding steroid dienone is 4. The van der Waals surface area contributed by atoms with Gasteiger partial charge < -0.3 is 23.7 Å². The van der Waals surface area contributed by atoms with Crippen molar-refractivity contribution in [2.24, 2.45) is 28.6 Å². The lowest BCUT2D eigenvalue weighted by Gasteiger charge is -2.59. The molecule has 1 saturated heterocycles. The number of hydrogen-bond acceptors (Lipinski definition) is 8. The number of Topliss-reactive ketones (excluding diaryl/α,β-unsaturated/α-hetero) is 1. The molecule has 0 bridgehead atoms. The molecule has 0 aromatic carbocycles. The van der Waals surface area contributed by atoms with Crippen LogP contribution in [0.4, 0.5) is 0 Å². The van der Waals surface area contributed by atoms with Gasteiger partial charge in [0.15, 0.2) is 23.8 Å². The maximum atomic E-state index is 13.9. The summed E-state index contributed by atoms with van der Waals surface area (Å²) in [5, 5.41) is 11.7. The minimum Gasteiger partial charge on any atom is -0.464 e. The van der Waals surface area contributed by atoms with Crippen LogP contribution in [0.5, 0.6) is 0 Å². The highest BCUT2D eigenvalue weighted by molar-refractivity contribution is 6.01. The first-order valence-corrected chi connectivity index (χ1v) is 12.8. The number of rotatable bonds is 4. The van der Waals surface area contributed by atoms with Gasteiger partial charge in [0.2, 0.25) is 12.1 Å². The maximum Gasteiger partial charge on any atom is 0.303 e. The molecule has 1 unspecified atom stereocenters. The summed E-state index contributed by atoms with van der Waals surface area (Å²) >= 11 is 0. The van der Waals surface area contributed by atoms with E-state index in [4.69, 9.17) is 18.6 Å². The van der Waals surface area contributed by atoms with Gasteiger partial charge in [-0.15, -0.1) is 0 Å². The number of carbonyl (C=O) groups excluding carboxylic acids is 3. The molecule has 36 heavy (non-hydrogen) atoms. The molecule has 1 aliphatic heterocycles. The molecule has 6 rings (SSSR count). The van der Waals surface area contributed by atoms with E-state index in [1.54, 1.807) is 24.3 Å². The number of ketones is 2. The monoisotopic (exact) mass is 496 g/mol. The van der Waals surface area contributed by atoms with Crippen molar-refractivity contribution in [2.45, 2.75) is 70.6 Å². The van der Waals surface area contributed by atoms with Gasteiger partial charge in [0.05, 0.1) is 18.5 Å². The number of furan rings is 1. The predicted molar refractivity (Wildman–Crippen MR) is 125 cm³/mol. The summed E-state index contributed by atoms with van der Waals surface area (Å²) in [6.45, 7) is 4.99. The number of carbonyl (C=O) groups is 3. The van der Waals surface area contributed by atoms with Gasteiger partial charge in [-0.05, 0) is 61.8 Å². The van der Waals surface area contributed by atoms with Gasteiger partial charge in [-0.3, -0.25) is 14.4 Å². The summed E-state index contributed by atoms with van der Waals surface area (Å²) in [7, 11) is 0. The number of esters is 1. The van der Waals surface area contributed by atoms with Crippen molar-refractivity contribution < 1.29 is 38.1 Å². The van der Waals surface area contributed by atoms with E-state index in [1.807, 2.05) is 13.0 Å². The molecule has 1 aromatic rings. The Morgan fingerprint density at radius 2 is 2.08 bits per heavy atom. The van der Waals surface area contributed by atoms with Gasteiger partial charge >= 0.3 is 5.97 Å². The van der Waals surface area contributed by atoms with Crippen molar-refractivity contribution in [1.29, 1.82) is 0 Å². The van der Waals surface area contributed by atoms with Crippen molar-refractivity contribution in [2.75, 3.05) is 6.61 Å². The van der Waals surface area contributed by atoms with Crippen molar-refractivity contribution in [3.63, 3.8) is 0 Å². The largest absolute Gasteiger partial charge is 0.464 e. The summed E-state index contributed by atoms with van der Waals surface area (Å²) in [4.78, 5) is 37.5. The van der Waals surface area contributed by atoms with Crippen molar-refractivity contribution in [3.05, 3.63) is 48.0 Å². The molecule has 8 heteroatoms. The predicted octanol–water partition coefficient (Wildman–Crippen LogP) is 3.45. The molecule has 9 atom stereocenters. The SMILES string of the molecule is CC(=O)OCC(=O)[C@@]12O[C@@H](c3ccco3)O[C@@H]1C[C@H]1[C@@H]3CCC4=CC(=O)C=C[C@]4(C)[C@H]3C(O)C[C@@]12C. The zero-order valence-electron chi connectivity index (χ0n) is 20.8. The molecule has 4 aliphatic carbocycles. The van der Waals surface area contributed by atoms with E-state index in [2.05, 4.69) is 6.92 Å². The van der Waals surface area contributed by atoms with Gasteiger partial charge in [0.25, 0.3) is 0 Å². The van der Waals surface area contributed by atoms with Gasteiger partial charge in [-0.1, -0.05) is 25.5 Å². The van der Waals surface area contributed by atoms with Crippen LogP contribution in [0, 0.1) is 28.6 Å². The van der Waals surface area contributed by atoms with E-state index in [1.165, 1.54) is 13.2 Å². The third-order valence-electron chi connectivity index (χ3n) is 9.83. The zero-order chi connectivity index (χ0) is 25.5. The minimum absolute atomic E-state index is 0.00718. The van der Waals surface area contributed by atoms with Crippen LogP contribution in [0.1, 0.15) is 58.5 Å². The number of fused-ring (bicyclic) bond motifs is 7. The lowest BCUT2D eigenvalue weighted by atomic mass is 9.46. The topological polar surface area (TPSA) is 112 Å². The molecule has 8 nitrogen and oxygen atoms in total. The molecule has 5 aliphatic rings. The Morgan fingerprint density at radius 3 is 2.81 bits per heavy atom. The van der Waals surface area contributed by atoms with E-state index in [0.29, 0.717) is 18.6 Å². The third-order valence-corrected chi connectivity index (χ3v) is 9.83. The molecule has 1 N–H and O–H groups in total. The van der Waals surface area contributed by atoms with E-state index < -0.39 is 47.5 Å². The molecule has 192 valence electrons. The number of aliphatic hydroxyl groups is 1. The summed E-state index contributed by atoms with van der Waals surface area (Å²) in [5.74, 6) is -0.364. The van der Waals surface area contributed by atoms with Crippen LogP contribution in [0.2, 0.25) is 0 Å². The third kappa shape index (κ3) is 3.07. The first-order chi connectivity index (χ1) is 17.1. The molecular formula is C28H32O8. The first-order valence-electron chi connectivity index (χ1n) is 12.8. The average Bonchev–Trinajstić information content (AvgIpc) is 3.53. The lowest BCUT2D eigenvalue weighted by molar-refractivity contribution is -0.204. The van der Waals surface area contributed by atoms with Crippen molar-refractivity contribution in [1.82, 2.24) is 0 Å². The Bertz CT molecular complexity index is 1170. The highest BCUT2D eigenvalue weighted by Crippen LogP contribution is 2.70. The Hall–Kier alpha value is -2.55.